The lowest BCUT2D eigenvalue weighted by Gasteiger charge is -2.33. The van der Waals surface area contributed by atoms with E-state index in [0.717, 1.165) is 19.4 Å². The highest BCUT2D eigenvalue weighted by molar-refractivity contribution is 5.71. The largest absolute Gasteiger partial charge is 0.466 e. The number of halogens is 3. The Hall–Kier alpha value is -4.03. The number of piperidine rings is 1. The molecule has 9 nitrogen and oxygen atoms in total. The molecule has 0 bridgehead atoms. The van der Waals surface area contributed by atoms with Crippen LogP contribution in [0.5, 0.6) is 0 Å². The van der Waals surface area contributed by atoms with Gasteiger partial charge in [0, 0.05) is 30.6 Å². The number of likely N-dealkylation sites (tertiary alicyclic amines) is 1. The van der Waals surface area contributed by atoms with Gasteiger partial charge in [-0.3, -0.25) is 4.79 Å². The highest BCUT2D eigenvalue weighted by Gasteiger charge is 2.42. The Labute approximate surface area is 233 Å². The van der Waals surface area contributed by atoms with Crippen LogP contribution in [0.15, 0.2) is 63.6 Å². The molecule has 4 aromatic rings. The molecular formula is C29H29F3N4O5. The van der Waals surface area contributed by atoms with E-state index in [9.17, 15) is 23.1 Å². The number of hydrogen-bond acceptors (Lipinski definition) is 9. The lowest BCUT2D eigenvalue weighted by Crippen LogP contribution is -2.38. The molecule has 0 amide bonds. The van der Waals surface area contributed by atoms with Crippen molar-refractivity contribution in [1.82, 2.24) is 20.2 Å². The molecule has 41 heavy (non-hydrogen) atoms. The average Bonchev–Trinajstić information content (AvgIpc) is 3.62. The van der Waals surface area contributed by atoms with Crippen LogP contribution in [0.3, 0.4) is 0 Å². The maximum absolute atomic E-state index is 14.0. The van der Waals surface area contributed by atoms with Crippen molar-refractivity contribution in [1.29, 1.82) is 0 Å². The summed E-state index contributed by atoms with van der Waals surface area (Å²) in [6.45, 7) is 4.08. The van der Waals surface area contributed by atoms with Crippen molar-refractivity contribution in [2.75, 3.05) is 26.2 Å². The van der Waals surface area contributed by atoms with E-state index in [4.69, 9.17) is 13.8 Å². The van der Waals surface area contributed by atoms with Crippen molar-refractivity contribution < 1.29 is 36.9 Å². The molecule has 1 N–H and O–H groups in total. The lowest BCUT2D eigenvalue weighted by molar-refractivity contribution is -0.144. The first kappa shape index (κ1) is 28.5. The maximum Gasteiger partial charge on any atom is 0.422 e. The van der Waals surface area contributed by atoms with E-state index in [1.165, 1.54) is 12.1 Å². The summed E-state index contributed by atoms with van der Waals surface area (Å²) in [6.07, 6.45) is -3.30. The number of nitrogens with zero attached hydrogens (tertiary/aromatic N) is 4. The van der Waals surface area contributed by atoms with Crippen molar-refractivity contribution in [3.8, 4) is 34.3 Å². The normalized spacial score (nSPS) is 17.0. The SMILES string of the molecule is CCOC(=O)CC1CCCN(CC(O)c2ccc(-c3noc(-c4noc(-c5ccccc5)c4C(F)(F)F)n3)cc2)C1. The molecule has 1 saturated heterocycles. The number of rotatable bonds is 9. The molecular weight excluding hydrogens is 541 g/mol. The third-order valence-electron chi connectivity index (χ3n) is 6.99. The molecule has 2 unspecified atom stereocenters. The molecule has 1 aliphatic heterocycles. The molecule has 2 aromatic carbocycles. The van der Waals surface area contributed by atoms with E-state index in [0.29, 0.717) is 37.2 Å². The number of hydrogen-bond donors (Lipinski definition) is 1. The number of ether oxygens (including phenoxy) is 1. The summed E-state index contributed by atoms with van der Waals surface area (Å²) in [4.78, 5) is 18.1. The number of benzene rings is 2. The van der Waals surface area contributed by atoms with Gasteiger partial charge in [-0.1, -0.05) is 64.9 Å². The Morgan fingerprint density at radius 2 is 1.85 bits per heavy atom. The summed E-state index contributed by atoms with van der Waals surface area (Å²) < 4.78 is 57.3. The van der Waals surface area contributed by atoms with E-state index in [1.807, 2.05) is 0 Å². The summed E-state index contributed by atoms with van der Waals surface area (Å²) in [5.74, 6) is -0.806. The van der Waals surface area contributed by atoms with E-state index in [2.05, 4.69) is 20.2 Å². The first-order valence-electron chi connectivity index (χ1n) is 13.4. The third-order valence-corrected chi connectivity index (χ3v) is 6.99. The summed E-state index contributed by atoms with van der Waals surface area (Å²) >= 11 is 0. The lowest BCUT2D eigenvalue weighted by atomic mass is 9.94. The second-order valence-corrected chi connectivity index (χ2v) is 9.94. The number of alkyl halides is 3. The van der Waals surface area contributed by atoms with Crippen LogP contribution >= 0.6 is 0 Å². The van der Waals surface area contributed by atoms with Gasteiger partial charge in [0.25, 0.3) is 5.89 Å². The van der Waals surface area contributed by atoms with Crippen LogP contribution in [0.1, 0.15) is 43.4 Å². The minimum absolute atomic E-state index is 0.0660. The van der Waals surface area contributed by atoms with Gasteiger partial charge in [-0.25, -0.2) is 0 Å². The van der Waals surface area contributed by atoms with Crippen LogP contribution in [0.4, 0.5) is 13.2 Å². The summed E-state index contributed by atoms with van der Waals surface area (Å²) in [5, 5.41) is 18.3. The van der Waals surface area contributed by atoms with Gasteiger partial charge in [0.15, 0.2) is 11.5 Å². The van der Waals surface area contributed by atoms with Crippen LogP contribution < -0.4 is 0 Å². The second-order valence-electron chi connectivity index (χ2n) is 9.94. The van der Waals surface area contributed by atoms with Gasteiger partial charge in [-0.15, -0.1) is 0 Å². The Morgan fingerprint density at radius 1 is 1.10 bits per heavy atom. The fourth-order valence-electron chi connectivity index (χ4n) is 5.07. The van der Waals surface area contributed by atoms with Gasteiger partial charge in [0.1, 0.15) is 5.56 Å². The number of β-amino-alcohol motifs (C(OH)–C–C–N with tert-alkyl or cyclic N) is 1. The number of aliphatic hydroxyl groups excluding tert-OH is 1. The zero-order valence-corrected chi connectivity index (χ0v) is 22.3. The summed E-state index contributed by atoms with van der Waals surface area (Å²) in [5.41, 5.74) is -0.326. The minimum atomic E-state index is -4.78. The Balaban J connectivity index is 1.28. The molecule has 0 radical (unpaired) electrons. The molecule has 1 aliphatic rings. The average molecular weight is 571 g/mol. The fourth-order valence-corrected chi connectivity index (χ4v) is 5.07. The molecule has 5 rings (SSSR count). The predicted octanol–water partition coefficient (Wildman–Crippen LogP) is 5.78. The zero-order valence-electron chi connectivity index (χ0n) is 22.3. The highest BCUT2D eigenvalue weighted by atomic mass is 19.4. The molecule has 12 heteroatoms. The maximum atomic E-state index is 14.0. The standard InChI is InChI=1S/C29H29F3N4O5/c1-2-39-23(38)15-18-7-6-14-36(16-18)17-22(37)19-10-12-21(13-11-19)27-33-28(41-35-27)25-24(29(30,31)32)26(40-34-25)20-8-4-3-5-9-20/h3-5,8-13,18,22,37H,2,6-7,14-17H2,1H3. The van der Waals surface area contributed by atoms with Gasteiger partial charge in [0.2, 0.25) is 5.82 Å². The number of esters is 1. The van der Waals surface area contributed by atoms with Gasteiger partial charge in [0.05, 0.1) is 12.7 Å². The van der Waals surface area contributed by atoms with Gasteiger partial charge in [-0.05, 0) is 37.8 Å². The van der Waals surface area contributed by atoms with E-state index >= 15 is 0 Å². The second kappa shape index (κ2) is 12.2. The van der Waals surface area contributed by atoms with Crippen molar-refractivity contribution >= 4 is 5.97 Å². The first-order chi connectivity index (χ1) is 19.7. The molecule has 0 aliphatic carbocycles. The number of carbonyl (C=O) groups is 1. The summed E-state index contributed by atoms with van der Waals surface area (Å²) in [7, 11) is 0. The molecule has 2 atom stereocenters. The Kier molecular flexibility index (Phi) is 8.50. The molecule has 0 saturated carbocycles. The molecule has 2 aromatic heterocycles. The topological polar surface area (TPSA) is 115 Å². The Morgan fingerprint density at radius 3 is 2.56 bits per heavy atom. The predicted molar refractivity (Wildman–Crippen MR) is 141 cm³/mol. The van der Waals surface area contributed by atoms with E-state index in [1.54, 1.807) is 49.4 Å². The molecule has 3 heterocycles. The van der Waals surface area contributed by atoms with Crippen LogP contribution in [-0.2, 0) is 15.7 Å². The van der Waals surface area contributed by atoms with Crippen LogP contribution in [0.2, 0.25) is 0 Å². The molecule has 216 valence electrons. The number of aromatic nitrogens is 3. The fraction of sp³-hybridized carbons (Fsp3) is 0.379. The quantitative estimate of drug-likeness (QED) is 0.250. The highest BCUT2D eigenvalue weighted by Crippen LogP contribution is 2.43. The molecule has 0 spiro atoms. The van der Waals surface area contributed by atoms with Crippen LogP contribution in [-0.4, -0.2) is 57.5 Å². The monoisotopic (exact) mass is 570 g/mol. The third kappa shape index (κ3) is 6.66. The van der Waals surface area contributed by atoms with E-state index in [-0.39, 0.29) is 23.3 Å². The Bertz CT molecular complexity index is 1450. The summed E-state index contributed by atoms with van der Waals surface area (Å²) in [6, 6.07) is 14.6. The van der Waals surface area contributed by atoms with Crippen LogP contribution in [0.25, 0.3) is 34.3 Å². The number of aliphatic hydroxyl groups is 1. The van der Waals surface area contributed by atoms with Crippen molar-refractivity contribution in [2.45, 2.75) is 38.5 Å². The van der Waals surface area contributed by atoms with Crippen molar-refractivity contribution in [2.24, 2.45) is 5.92 Å². The van der Waals surface area contributed by atoms with Gasteiger partial charge >= 0.3 is 12.1 Å². The van der Waals surface area contributed by atoms with Gasteiger partial charge in [-0.2, -0.15) is 18.2 Å². The minimum Gasteiger partial charge on any atom is -0.466 e. The smallest absolute Gasteiger partial charge is 0.422 e. The molecule has 1 fully saturated rings. The van der Waals surface area contributed by atoms with Gasteiger partial charge < -0.3 is 23.8 Å². The van der Waals surface area contributed by atoms with E-state index < -0.39 is 35.2 Å². The van der Waals surface area contributed by atoms with Crippen molar-refractivity contribution in [3.05, 3.63) is 65.7 Å². The zero-order chi connectivity index (χ0) is 29.0. The number of carbonyl (C=O) groups excluding carboxylic acids is 1. The first-order valence-corrected chi connectivity index (χ1v) is 13.4. The van der Waals surface area contributed by atoms with Crippen molar-refractivity contribution in [3.63, 3.8) is 0 Å². The van der Waals surface area contributed by atoms with Crippen LogP contribution in [0, 0.1) is 5.92 Å².